The van der Waals surface area contributed by atoms with Crippen LogP contribution in [0.3, 0.4) is 0 Å². The number of carbonyl (C=O) groups excluding carboxylic acids is 1. The number of hydrogen-bond acceptors (Lipinski definition) is 3. The summed E-state index contributed by atoms with van der Waals surface area (Å²) in [5.41, 5.74) is 0.764. The number of aromatic nitrogens is 2. The molecule has 6 heteroatoms. The molecule has 102 valence electrons. The number of hydrogen-bond donors (Lipinski definition) is 1. The number of rotatable bonds is 8. The average Bonchev–Trinajstić information content (AvgIpc) is 2.78. The number of halogens is 1. The molecule has 0 fully saturated rings. The molecule has 1 N–H and O–H groups in total. The molecule has 18 heavy (non-hydrogen) atoms. The van der Waals surface area contributed by atoms with Crippen LogP contribution in [0.4, 0.5) is 5.69 Å². The summed E-state index contributed by atoms with van der Waals surface area (Å²) in [4.78, 5) is 13.7. The predicted octanol–water partition coefficient (Wildman–Crippen LogP) is 1.95. The maximum absolute atomic E-state index is 11.4. The first-order valence-electron chi connectivity index (χ1n) is 6.30. The van der Waals surface area contributed by atoms with Crippen LogP contribution >= 0.6 is 15.9 Å². The summed E-state index contributed by atoms with van der Waals surface area (Å²) in [6.45, 7) is 8.22. The lowest BCUT2D eigenvalue weighted by Gasteiger charge is -2.17. The molecule has 1 heterocycles. The monoisotopic (exact) mass is 316 g/mol. The van der Waals surface area contributed by atoms with Crippen LogP contribution < -0.4 is 5.32 Å². The van der Waals surface area contributed by atoms with Crippen LogP contribution in [0.1, 0.15) is 20.3 Å². The largest absolute Gasteiger partial charge is 0.323 e. The fourth-order valence-corrected chi connectivity index (χ4v) is 2.00. The lowest BCUT2D eigenvalue weighted by molar-refractivity contribution is -0.115. The van der Waals surface area contributed by atoms with Gasteiger partial charge in [0, 0.05) is 24.5 Å². The molecular formula is C12H21BrN4O. The second-order valence-electron chi connectivity index (χ2n) is 4.01. The van der Waals surface area contributed by atoms with Crippen LogP contribution in [0.25, 0.3) is 0 Å². The Labute approximate surface area is 117 Å². The molecule has 0 atom stereocenters. The SMILES string of the molecule is CCN(CC)CCn1cc(NC(=O)CCBr)cn1. The first-order valence-corrected chi connectivity index (χ1v) is 7.42. The summed E-state index contributed by atoms with van der Waals surface area (Å²) < 4.78 is 1.86. The van der Waals surface area contributed by atoms with E-state index in [4.69, 9.17) is 0 Å². The Morgan fingerprint density at radius 2 is 2.22 bits per heavy atom. The van der Waals surface area contributed by atoms with Crippen molar-refractivity contribution in [2.24, 2.45) is 0 Å². The molecule has 0 radical (unpaired) electrons. The summed E-state index contributed by atoms with van der Waals surface area (Å²) >= 11 is 3.24. The Kier molecular flexibility index (Phi) is 6.97. The summed E-state index contributed by atoms with van der Waals surface area (Å²) in [7, 11) is 0. The van der Waals surface area contributed by atoms with Gasteiger partial charge in [-0.3, -0.25) is 9.48 Å². The van der Waals surface area contributed by atoms with E-state index in [1.54, 1.807) is 6.20 Å². The van der Waals surface area contributed by atoms with E-state index in [-0.39, 0.29) is 5.91 Å². The standard InChI is InChI=1S/C12H21BrN4O/c1-3-16(4-2)7-8-17-10-11(9-14-17)15-12(18)5-6-13/h9-10H,3-8H2,1-2H3,(H,15,18). The minimum Gasteiger partial charge on any atom is -0.323 e. The van der Waals surface area contributed by atoms with E-state index < -0.39 is 0 Å². The molecule has 0 spiro atoms. The van der Waals surface area contributed by atoms with E-state index in [0.717, 1.165) is 31.9 Å². The number of likely N-dealkylation sites (N-methyl/N-ethyl adjacent to an activating group) is 1. The highest BCUT2D eigenvalue weighted by Crippen LogP contribution is 2.06. The van der Waals surface area contributed by atoms with Gasteiger partial charge in [-0.2, -0.15) is 5.10 Å². The van der Waals surface area contributed by atoms with Crippen molar-refractivity contribution in [2.75, 3.05) is 30.3 Å². The third-order valence-corrected chi connectivity index (χ3v) is 3.17. The summed E-state index contributed by atoms with van der Waals surface area (Å²) in [5, 5.41) is 7.72. The molecule has 0 bridgehead atoms. The van der Waals surface area contributed by atoms with Gasteiger partial charge in [-0.25, -0.2) is 0 Å². The van der Waals surface area contributed by atoms with Crippen LogP contribution in [0.15, 0.2) is 12.4 Å². The van der Waals surface area contributed by atoms with Gasteiger partial charge >= 0.3 is 0 Å². The number of amides is 1. The molecule has 0 saturated carbocycles. The van der Waals surface area contributed by atoms with Gasteiger partial charge in [-0.15, -0.1) is 0 Å². The highest BCUT2D eigenvalue weighted by Gasteiger charge is 2.04. The summed E-state index contributed by atoms with van der Waals surface area (Å²) in [6.07, 6.45) is 4.04. The van der Waals surface area contributed by atoms with Gasteiger partial charge in [-0.1, -0.05) is 29.8 Å². The number of nitrogens with zero attached hydrogens (tertiary/aromatic N) is 3. The molecule has 0 unspecified atom stereocenters. The normalized spacial score (nSPS) is 10.9. The molecule has 1 amide bonds. The van der Waals surface area contributed by atoms with Crippen molar-refractivity contribution in [3.05, 3.63) is 12.4 Å². The summed E-state index contributed by atoms with van der Waals surface area (Å²) in [5.74, 6) is 0.00941. The topological polar surface area (TPSA) is 50.2 Å². The Morgan fingerprint density at radius 1 is 1.50 bits per heavy atom. The van der Waals surface area contributed by atoms with Crippen LogP contribution in [-0.4, -0.2) is 45.6 Å². The lowest BCUT2D eigenvalue weighted by atomic mass is 10.4. The fraction of sp³-hybridized carbons (Fsp3) is 0.667. The van der Waals surface area contributed by atoms with Crippen molar-refractivity contribution >= 4 is 27.5 Å². The van der Waals surface area contributed by atoms with Crippen molar-refractivity contribution in [1.82, 2.24) is 14.7 Å². The molecule has 1 aromatic rings. The quantitative estimate of drug-likeness (QED) is 0.746. The average molecular weight is 317 g/mol. The zero-order valence-corrected chi connectivity index (χ0v) is 12.6. The van der Waals surface area contributed by atoms with Crippen molar-refractivity contribution in [2.45, 2.75) is 26.8 Å². The van der Waals surface area contributed by atoms with Gasteiger partial charge in [0.15, 0.2) is 0 Å². The minimum atomic E-state index is 0.00941. The smallest absolute Gasteiger partial charge is 0.225 e. The van der Waals surface area contributed by atoms with E-state index in [1.165, 1.54) is 0 Å². The van der Waals surface area contributed by atoms with Crippen molar-refractivity contribution in [3.63, 3.8) is 0 Å². The number of nitrogens with one attached hydrogen (secondary N) is 1. The van der Waals surface area contributed by atoms with E-state index >= 15 is 0 Å². The van der Waals surface area contributed by atoms with E-state index in [0.29, 0.717) is 11.8 Å². The minimum absolute atomic E-state index is 0.00941. The number of anilines is 1. The Hall–Kier alpha value is -0.880. The Morgan fingerprint density at radius 3 is 2.83 bits per heavy atom. The van der Waals surface area contributed by atoms with Crippen molar-refractivity contribution < 1.29 is 4.79 Å². The zero-order chi connectivity index (χ0) is 13.4. The highest BCUT2D eigenvalue weighted by atomic mass is 79.9. The van der Waals surface area contributed by atoms with E-state index in [9.17, 15) is 4.79 Å². The fourth-order valence-electron chi connectivity index (χ4n) is 1.64. The third-order valence-electron chi connectivity index (χ3n) is 2.78. The van der Waals surface area contributed by atoms with Crippen LogP contribution in [0.2, 0.25) is 0 Å². The predicted molar refractivity (Wildman–Crippen MR) is 77.1 cm³/mol. The molecular weight excluding hydrogens is 296 g/mol. The first kappa shape index (κ1) is 15.2. The molecule has 0 aliphatic heterocycles. The first-order chi connectivity index (χ1) is 8.69. The van der Waals surface area contributed by atoms with E-state index in [1.807, 2.05) is 10.9 Å². The molecule has 0 saturated heterocycles. The van der Waals surface area contributed by atoms with Gasteiger partial charge in [0.2, 0.25) is 5.91 Å². The molecule has 0 aliphatic carbocycles. The Balaban J connectivity index is 2.40. The van der Waals surface area contributed by atoms with Gasteiger partial charge < -0.3 is 10.2 Å². The molecule has 5 nitrogen and oxygen atoms in total. The molecule has 1 aromatic heterocycles. The van der Waals surface area contributed by atoms with Gasteiger partial charge in [0.25, 0.3) is 0 Å². The third kappa shape index (κ3) is 5.18. The maximum Gasteiger partial charge on any atom is 0.225 e. The van der Waals surface area contributed by atoms with Gasteiger partial charge in [-0.05, 0) is 13.1 Å². The zero-order valence-electron chi connectivity index (χ0n) is 11.0. The van der Waals surface area contributed by atoms with Crippen LogP contribution in [0.5, 0.6) is 0 Å². The molecule has 1 rings (SSSR count). The Bertz CT molecular complexity index is 363. The second-order valence-corrected chi connectivity index (χ2v) is 4.80. The van der Waals surface area contributed by atoms with Crippen LogP contribution in [-0.2, 0) is 11.3 Å². The number of carbonyl (C=O) groups is 1. The molecule has 0 aromatic carbocycles. The van der Waals surface area contributed by atoms with Gasteiger partial charge in [0.1, 0.15) is 0 Å². The summed E-state index contributed by atoms with van der Waals surface area (Å²) in [6, 6.07) is 0. The van der Waals surface area contributed by atoms with Crippen molar-refractivity contribution in [1.29, 1.82) is 0 Å². The van der Waals surface area contributed by atoms with Gasteiger partial charge in [0.05, 0.1) is 18.4 Å². The lowest BCUT2D eigenvalue weighted by Crippen LogP contribution is -2.27. The molecule has 0 aliphatic rings. The van der Waals surface area contributed by atoms with Crippen molar-refractivity contribution in [3.8, 4) is 0 Å². The van der Waals surface area contributed by atoms with Crippen LogP contribution in [0, 0.1) is 0 Å². The highest BCUT2D eigenvalue weighted by molar-refractivity contribution is 9.09. The number of alkyl halides is 1. The van der Waals surface area contributed by atoms with E-state index in [2.05, 4.69) is 45.1 Å². The maximum atomic E-state index is 11.4. The second kappa shape index (κ2) is 8.26.